The first-order valence-electron chi connectivity index (χ1n) is 7.55. The molecule has 0 spiro atoms. The molecule has 4 atom stereocenters. The molecule has 0 radical (unpaired) electrons. The molecule has 1 aliphatic heterocycles. The second-order valence-corrected chi connectivity index (χ2v) is 9.84. The van der Waals surface area contributed by atoms with E-state index < -0.39 is 0 Å². The molecule has 0 N–H and O–H groups in total. The van der Waals surface area contributed by atoms with Gasteiger partial charge in [-0.15, -0.1) is 0 Å². The van der Waals surface area contributed by atoms with Crippen molar-refractivity contribution in [3.8, 4) is 0 Å². The molecule has 1 saturated heterocycles. The molecule has 0 amide bonds. The van der Waals surface area contributed by atoms with Crippen LogP contribution in [-0.2, 0) is 9.53 Å². The standard InChI is InChI=1S/C16H25IO2/c1-13(2)6-5-7-14(3)11-10-12(18)19-15(11,4)8-9-16(13,14)17/h11H,5-10H2,1-4H3/t11-,14-,15-,16-/m1/s1. The molecule has 3 aliphatic rings. The summed E-state index contributed by atoms with van der Waals surface area (Å²) < 4.78 is 6.04. The summed E-state index contributed by atoms with van der Waals surface area (Å²) >= 11 is 2.75. The van der Waals surface area contributed by atoms with E-state index in [2.05, 4.69) is 50.3 Å². The van der Waals surface area contributed by atoms with E-state index >= 15 is 0 Å². The van der Waals surface area contributed by atoms with E-state index in [1.54, 1.807) is 0 Å². The third-order valence-electron chi connectivity index (χ3n) is 6.67. The molecule has 3 heteroatoms. The van der Waals surface area contributed by atoms with Crippen molar-refractivity contribution in [2.45, 2.75) is 75.2 Å². The summed E-state index contributed by atoms with van der Waals surface area (Å²) in [5, 5.41) is 0. The lowest BCUT2D eigenvalue weighted by molar-refractivity contribution is -0.158. The fraction of sp³-hybridized carbons (Fsp3) is 0.938. The number of halogens is 1. The van der Waals surface area contributed by atoms with Crippen molar-refractivity contribution in [3.63, 3.8) is 0 Å². The molecule has 2 saturated carbocycles. The van der Waals surface area contributed by atoms with Gasteiger partial charge in [-0.25, -0.2) is 0 Å². The lowest BCUT2D eigenvalue weighted by atomic mass is 9.45. The molecule has 2 aliphatic carbocycles. The molecule has 19 heavy (non-hydrogen) atoms. The first-order chi connectivity index (χ1) is 8.65. The molecule has 0 aromatic heterocycles. The van der Waals surface area contributed by atoms with Gasteiger partial charge in [0, 0.05) is 9.34 Å². The van der Waals surface area contributed by atoms with Gasteiger partial charge in [0.05, 0.1) is 6.42 Å². The average molecular weight is 376 g/mol. The fourth-order valence-electron chi connectivity index (χ4n) is 5.44. The Hall–Kier alpha value is 0.200. The first-order valence-corrected chi connectivity index (χ1v) is 8.63. The van der Waals surface area contributed by atoms with Gasteiger partial charge in [0.25, 0.3) is 0 Å². The SMILES string of the molecule is CC1(C)CCC[C@]2(C)[C@H]3CC(=O)O[C@]3(C)CC[C@@]12I. The zero-order chi connectivity index (χ0) is 14.1. The summed E-state index contributed by atoms with van der Waals surface area (Å²) in [5.74, 6) is 0.426. The zero-order valence-electron chi connectivity index (χ0n) is 12.5. The average Bonchev–Trinajstić information content (AvgIpc) is 2.60. The van der Waals surface area contributed by atoms with Crippen LogP contribution in [0.2, 0.25) is 0 Å². The Morgan fingerprint density at radius 1 is 1.11 bits per heavy atom. The molecular formula is C16H25IO2. The first kappa shape index (κ1) is 14.2. The van der Waals surface area contributed by atoms with E-state index in [1.807, 2.05) is 0 Å². The fourth-order valence-corrected chi connectivity index (χ4v) is 6.63. The van der Waals surface area contributed by atoms with Crippen LogP contribution in [0.1, 0.15) is 66.2 Å². The molecule has 0 aromatic rings. The van der Waals surface area contributed by atoms with Gasteiger partial charge in [-0.2, -0.15) is 0 Å². The second kappa shape index (κ2) is 3.89. The Bertz CT molecular complexity index is 432. The summed E-state index contributed by atoms with van der Waals surface area (Å²) in [6.45, 7) is 9.46. The maximum absolute atomic E-state index is 11.9. The van der Waals surface area contributed by atoms with Crippen molar-refractivity contribution < 1.29 is 9.53 Å². The Kier molecular flexibility index (Phi) is 2.90. The van der Waals surface area contributed by atoms with E-state index in [0.29, 0.717) is 21.2 Å². The topological polar surface area (TPSA) is 26.3 Å². The normalized spacial score (nSPS) is 52.3. The van der Waals surface area contributed by atoms with Crippen LogP contribution in [0.4, 0.5) is 0 Å². The maximum Gasteiger partial charge on any atom is 0.306 e. The predicted octanol–water partition coefficient (Wildman–Crippen LogP) is 4.49. The monoisotopic (exact) mass is 376 g/mol. The number of fused-ring (bicyclic) bond motifs is 3. The Morgan fingerprint density at radius 2 is 1.79 bits per heavy atom. The zero-order valence-corrected chi connectivity index (χ0v) is 14.7. The van der Waals surface area contributed by atoms with Gasteiger partial charge in [0.15, 0.2) is 0 Å². The molecular weight excluding hydrogens is 351 g/mol. The van der Waals surface area contributed by atoms with E-state index in [9.17, 15) is 4.79 Å². The van der Waals surface area contributed by atoms with Crippen molar-refractivity contribution in [2.75, 3.05) is 0 Å². The number of carbonyl (C=O) groups is 1. The second-order valence-electron chi connectivity index (χ2n) is 8.00. The van der Waals surface area contributed by atoms with Crippen LogP contribution in [0.3, 0.4) is 0 Å². The molecule has 1 heterocycles. The third-order valence-corrected chi connectivity index (χ3v) is 9.90. The van der Waals surface area contributed by atoms with E-state index in [0.717, 1.165) is 6.42 Å². The molecule has 3 fully saturated rings. The molecule has 0 unspecified atom stereocenters. The van der Waals surface area contributed by atoms with Crippen molar-refractivity contribution in [2.24, 2.45) is 16.7 Å². The highest BCUT2D eigenvalue weighted by Crippen LogP contribution is 2.70. The van der Waals surface area contributed by atoms with Crippen LogP contribution in [0.5, 0.6) is 0 Å². The maximum atomic E-state index is 11.9. The highest BCUT2D eigenvalue weighted by molar-refractivity contribution is 14.1. The number of ether oxygens (including phenoxy) is 1. The van der Waals surface area contributed by atoms with Gasteiger partial charge in [-0.3, -0.25) is 4.79 Å². The van der Waals surface area contributed by atoms with Gasteiger partial charge in [-0.1, -0.05) is 49.8 Å². The summed E-state index contributed by atoms with van der Waals surface area (Å²) in [7, 11) is 0. The molecule has 0 bridgehead atoms. The van der Waals surface area contributed by atoms with Crippen LogP contribution in [0.25, 0.3) is 0 Å². The van der Waals surface area contributed by atoms with Crippen molar-refractivity contribution >= 4 is 28.6 Å². The minimum Gasteiger partial charge on any atom is -0.459 e. The van der Waals surface area contributed by atoms with Crippen LogP contribution < -0.4 is 0 Å². The molecule has 3 rings (SSSR count). The highest BCUT2D eigenvalue weighted by Gasteiger charge is 2.68. The van der Waals surface area contributed by atoms with E-state index in [4.69, 9.17) is 4.74 Å². The van der Waals surface area contributed by atoms with E-state index in [-0.39, 0.29) is 17.0 Å². The van der Waals surface area contributed by atoms with Gasteiger partial charge in [-0.05, 0) is 43.4 Å². The summed E-state index contributed by atoms with van der Waals surface area (Å²) in [4.78, 5) is 11.9. The molecule has 0 aromatic carbocycles. The van der Waals surface area contributed by atoms with E-state index in [1.165, 1.54) is 25.7 Å². The Balaban J connectivity index is 2.08. The number of rotatable bonds is 0. The molecule has 2 nitrogen and oxygen atoms in total. The van der Waals surface area contributed by atoms with Crippen molar-refractivity contribution in [1.29, 1.82) is 0 Å². The largest absolute Gasteiger partial charge is 0.459 e. The Labute approximate surface area is 130 Å². The minimum absolute atomic E-state index is 0.0257. The minimum atomic E-state index is -0.200. The smallest absolute Gasteiger partial charge is 0.306 e. The number of carbonyl (C=O) groups excluding carboxylic acids is 1. The van der Waals surface area contributed by atoms with Crippen LogP contribution >= 0.6 is 22.6 Å². The third kappa shape index (κ3) is 1.63. The number of alkyl halides is 1. The molecule has 108 valence electrons. The summed E-state index contributed by atoms with van der Waals surface area (Å²) in [5.41, 5.74) is 0.385. The number of hydrogen-bond donors (Lipinski definition) is 0. The lowest BCUT2D eigenvalue weighted by Crippen LogP contribution is -2.64. The number of hydrogen-bond acceptors (Lipinski definition) is 2. The van der Waals surface area contributed by atoms with Crippen LogP contribution in [0, 0.1) is 16.7 Å². The quantitative estimate of drug-likeness (QED) is 0.354. The van der Waals surface area contributed by atoms with Crippen molar-refractivity contribution in [1.82, 2.24) is 0 Å². The van der Waals surface area contributed by atoms with Crippen molar-refractivity contribution in [3.05, 3.63) is 0 Å². The predicted molar refractivity (Wildman–Crippen MR) is 84.3 cm³/mol. The number of esters is 1. The summed E-state index contributed by atoms with van der Waals surface area (Å²) in [6, 6.07) is 0. The van der Waals surface area contributed by atoms with Crippen LogP contribution in [0.15, 0.2) is 0 Å². The highest BCUT2D eigenvalue weighted by atomic mass is 127. The van der Waals surface area contributed by atoms with Gasteiger partial charge < -0.3 is 4.74 Å². The van der Waals surface area contributed by atoms with Gasteiger partial charge in [0.2, 0.25) is 0 Å². The Morgan fingerprint density at radius 3 is 2.47 bits per heavy atom. The lowest BCUT2D eigenvalue weighted by Gasteiger charge is -2.65. The summed E-state index contributed by atoms with van der Waals surface area (Å²) in [6.07, 6.45) is 6.69. The van der Waals surface area contributed by atoms with Gasteiger partial charge >= 0.3 is 5.97 Å². The van der Waals surface area contributed by atoms with Gasteiger partial charge in [0.1, 0.15) is 5.60 Å². The van der Waals surface area contributed by atoms with Crippen LogP contribution in [-0.4, -0.2) is 15.0 Å².